The Morgan fingerprint density at radius 2 is 2.00 bits per heavy atom. The van der Waals surface area contributed by atoms with Crippen molar-refractivity contribution in [1.29, 1.82) is 0 Å². The summed E-state index contributed by atoms with van der Waals surface area (Å²) in [4.78, 5) is 20.9. The average Bonchev–Trinajstić information content (AvgIpc) is 2.35. The molecule has 0 aromatic heterocycles. The molecule has 5 nitrogen and oxygen atoms in total. The molecule has 0 aliphatic carbocycles. The van der Waals surface area contributed by atoms with Crippen molar-refractivity contribution in [2.45, 2.75) is 6.92 Å². The van der Waals surface area contributed by atoms with E-state index in [0.717, 1.165) is 5.56 Å². The minimum absolute atomic E-state index is 0.0502. The van der Waals surface area contributed by atoms with Gasteiger partial charge in [0, 0.05) is 18.2 Å². The minimum Gasteiger partial charge on any atom is -0.463 e. The van der Waals surface area contributed by atoms with Crippen LogP contribution in [0.4, 0.5) is 5.69 Å². The predicted octanol–water partition coefficient (Wildman–Crippen LogP) is 2.73. The highest BCUT2D eigenvalue weighted by atomic mass is 16.6. The summed E-state index contributed by atoms with van der Waals surface area (Å²) in [5.41, 5.74) is 0.864. The third-order valence-electron chi connectivity index (χ3n) is 2.02. The van der Waals surface area contributed by atoms with Gasteiger partial charge in [-0.2, -0.15) is 0 Å². The Labute approximate surface area is 105 Å². The van der Waals surface area contributed by atoms with E-state index in [4.69, 9.17) is 4.74 Å². The van der Waals surface area contributed by atoms with Crippen LogP contribution in [0, 0.1) is 10.1 Å². The van der Waals surface area contributed by atoms with Crippen LogP contribution in [0.3, 0.4) is 0 Å². The first-order valence-corrected chi connectivity index (χ1v) is 5.39. The fourth-order valence-electron chi connectivity index (χ4n) is 1.20. The summed E-state index contributed by atoms with van der Waals surface area (Å²) in [6.45, 7) is 2.08. The van der Waals surface area contributed by atoms with Crippen molar-refractivity contribution in [3.8, 4) is 0 Å². The van der Waals surface area contributed by atoms with Gasteiger partial charge in [-0.25, -0.2) is 4.79 Å². The quantitative estimate of drug-likeness (QED) is 0.264. The number of hydrogen-bond acceptors (Lipinski definition) is 4. The van der Waals surface area contributed by atoms with Crippen molar-refractivity contribution in [1.82, 2.24) is 0 Å². The van der Waals surface area contributed by atoms with E-state index >= 15 is 0 Å². The van der Waals surface area contributed by atoms with Gasteiger partial charge in [-0.05, 0) is 24.6 Å². The summed E-state index contributed by atoms with van der Waals surface area (Å²) in [6.07, 6.45) is 6.27. The lowest BCUT2D eigenvalue weighted by molar-refractivity contribution is -0.384. The number of ether oxygens (including phenoxy) is 1. The van der Waals surface area contributed by atoms with Gasteiger partial charge in [-0.3, -0.25) is 10.1 Å². The van der Waals surface area contributed by atoms with Crippen molar-refractivity contribution >= 4 is 17.7 Å². The van der Waals surface area contributed by atoms with E-state index in [1.54, 1.807) is 37.3 Å². The summed E-state index contributed by atoms with van der Waals surface area (Å²) in [5, 5.41) is 10.4. The van der Waals surface area contributed by atoms with E-state index in [0.29, 0.717) is 6.61 Å². The summed E-state index contributed by atoms with van der Waals surface area (Å²) < 4.78 is 4.70. The predicted molar refractivity (Wildman–Crippen MR) is 67.9 cm³/mol. The monoisotopic (exact) mass is 247 g/mol. The highest BCUT2D eigenvalue weighted by Crippen LogP contribution is 2.12. The molecule has 0 bridgehead atoms. The van der Waals surface area contributed by atoms with E-state index in [2.05, 4.69) is 0 Å². The van der Waals surface area contributed by atoms with Crippen LogP contribution in [0.1, 0.15) is 12.5 Å². The summed E-state index contributed by atoms with van der Waals surface area (Å²) >= 11 is 0. The van der Waals surface area contributed by atoms with Gasteiger partial charge in [-0.15, -0.1) is 0 Å². The van der Waals surface area contributed by atoms with Gasteiger partial charge in [0.15, 0.2) is 0 Å². The van der Waals surface area contributed by atoms with Crippen molar-refractivity contribution < 1.29 is 14.5 Å². The number of nitro benzene ring substituents is 1. The Balaban J connectivity index is 2.57. The van der Waals surface area contributed by atoms with Gasteiger partial charge >= 0.3 is 5.97 Å². The van der Waals surface area contributed by atoms with Crippen molar-refractivity contribution in [3.63, 3.8) is 0 Å². The first kappa shape index (κ1) is 13.6. The first-order chi connectivity index (χ1) is 8.63. The van der Waals surface area contributed by atoms with Crippen LogP contribution in [-0.2, 0) is 9.53 Å². The van der Waals surface area contributed by atoms with Crippen LogP contribution in [0.2, 0.25) is 0 Å². The standard InChI is InChI=1S/C13H13NO4/c1-2-18-13(15)6-4-3-5-11-7-9-12(10-8-11)14(16)17/h3-10H,2H2,1H3/b5-3+,6-4+. The van der Waals surface area contributed by atoms with Crippen LogP contribution in [-0.4, -0.2) is 17.5 Å². The molecule has 18 heavy (non-hydrogen) atoms. The van der Waals surface area contributed by atoms with E-state index in [1.165, 1.54) is 18.2 Å². The second kappa shape index (κ2) is 7.01. The molecule has 0 N–H and O–H groups in total. The lowest BCUT2D eigenvalue weighted by Crippen LogP contribution is -1.98. The van der Waals surface area contributed by atoms with Crippen LogP contribution in [0.25, 0.3) is 6.08 Å². The van der Waals surface area contributed by atoms with Crippen LogP contribution in [0.15, 0.2) is 42.5 Å². The lowest BCUT2D eigenvalue weighted by Gasteiger charge is -1.93. The molecule has 0 unspecified atom stereocenters. The number of carbonyl (C=O) groups excluding carboxylic acids is 1. The molecule has 1 rings (SSSR count). The molecule has 0 atom stereocenters. The second-order valence-electron chi connectivity index (χ2n) is 3.32. The molecule has 0 radical (unpaired) electrons. The number of rotatable bonds is 5. The molecule has 0 amide bonds. The van der Waals surface area contributed by atoms with E-state index in [9.17, 15) is 14.9 Å². The van der Waals surface area contributed by atoms with Crippen molar-refractivity contribution in [2.24, 2.45) is 0 Å². The normalized spacial score (nSPS) is 10.9. The average molecular weight is 247 g/mol. The van der Waals surface area contributed by atoms with Gasteiger partial charge in [-0.1, -0.05) is 18.2 Å². The SMILES string of the molecule is CCOC(=O)/C=C/C=C/c1ccc([N+](=O)[O-])cc1. The van der Waals surface area contributed by atoms with Crippen molar-refractivity contribution in [2.75, 3.05) is 6.61 Å². The molecule has 0 fully saturated rings. The fraction of sp³-hybridized carbons (Fsp3) is 0.154. The number of benzene rings is 1. The van der Waals surface area contributed by atoms with Crippen LogP contribution < -0.4 is 0 Å². The maximum atomic E-state index is 11.0. The largest absolute Gasteiger partial charge is 0.463 e. The Kier molecular flexibility index (Phi) is 5.31. The molecule has 0 heterocycles. The number of nitro groups is 1. The molecule has 1 aromatic carbocycles. The maximum Gasteiger partial charge on any atom is 0.330 e. The maximum absolute atomic E-state index is 11.0. The zero-order chi connectivity index (χ0) is 13.4. The zero-order valence-corrected chi connectivity index (χ0v) is 9.91. The number of carbonyl (C=O) groups is 1. The number of allylic oxidation sites excluding steroid dienone is 2. The van der Waals surface area contributed by atoms with Gasteiger partial charge in [0.05, 0.1) is 11.5 Å². The molecule has 0 saturated heterocycles. The molecular formula is C13H13NO4. The van der Waals surface area contributed by atoms with Gasteiger partial charge in [0.25, 0.3) is 5.69 Å². The Morgan fingerprint density at radius 3 is 2.56 bits per heavy atom. The molecular weight excluding hydrogens is 234 g/mol. The molecule has 0 spiro atoms. The molecule has 0 saturated carbocycles. The highest BCUT2D eigenvalue weighted by molar-refractivity contribution is 5.82. The van der Waals surface area contributed by atoms with Gasteiger partial charge in [0.1, 0.15) is 0 Å². The minimum atomic E-state index is -0.450. The number of hydrogen-bond donors (Lipinski definition) is 0. The molecule has 0 aliphatic rings. The number of non-ortho nitro benzene ring substituents is 1. The Hall–Kier alpha value is -2.43. The smallest absolute Gasteiger partial charge is 0.330 e. The van der Waals surface area contributed by atoms with E-state index < -0.39 is 10.9 Å². The third kappa shape index (κ3) is 4.61. The van der Waals surface area contributed by atoms with Gasteiger partial charge < -0.3 is 4.74 Å². The highest BCUT2D eigenvalue weighted by Gasteiger charge is 2.01. The summed E-state index contributed by atoms with van der Waals surface area (Å²) in [5.74, 6) is -0.397. The van der Waals surface area contributed by atoms with E-state index in [-0.39, 0.29) is 5.69 Å². The topological polar surface area (TPSA) is 69.4 Å². The fourth-order valence-corrected chi connectivity index (χ4v) is 1.20. The van der Waals surface area contributed by atoms with Gasteiger partial charge in [0.2, 0.25) is 0 Å². The molecule has 0 aliphatic heterocycles. The second-order valence-corrected chi connectivity index (χ2v) is 3.32. The van der Waals surface area contributed by atoms with E-state index in [1.807, 2.05) is 0 Å². The lowest BCUT2D eigenvalue weighted by atomic mass is 10.2. The summed E-state index contributed by atoms with van der Waals surface area (Å²) in [6, 6.07) is 6.11. The number of esters is 1. The zero-order valence-electron chi connectivity index (χ0n) is 9.91. The molecule has 5 heteroatoms. The molecule has 1 aromatic rings. The summed E-state index contributed by atoms with van der Waals surface area (Å²) in [7, 11) is 0. The Bertz CT molecular complexity index is 474. The first-order valence-electron chi connectivity index (χ1n) is 5.39. The van der Waals surface area contributed by atoms with Crippen molar-refractivity contribution in [3.05, 3.63) is 58.2 Å². The third-order valence-corrected chi connectivity index (χ3v) is 2.02. The molecule has 94 valence electrons. The number of nitrogens with zero attached hydrogens (tertiary/aromatic N) is 1. The van der Waals surface area contributed by atoms with Crippen LogP contribution >= 0.6 is 0 Å². The van der Waals surface area contributed by atoms with Crippen LogP contribution in [0.5, 0.6) is 0 Å². The Morgan fingerprint density at radius 1 is 1.33 bits per heavy atom.